The predicted molar refractivity (Wildman–Crippen MR) is 77.9 cm³/mol. The Labute approximate surface area is 125 Å². The van der Waals surface area contributed by atoms with Crippen LogP contribution < -0.4 is 9.47 Å². The minimum atomic E-state index is -0.553. The van der Waals surface area contributed by atoms with E-state index in [1.54, 1.807) is 11.3 Å². The van der Waals surface area contributed by atoms with Crippen LogP contribution in [0.5, 0.6) is 11.5 Å². The van der Waals surface area contributed by atoms with E-state index in [1.807, 2.05) is 17.5 Å². The van der Waals surface area contributed by atoms with Gasteiger partial charge in [-0.05, 0) is 23.9 Å². The lowest BCUT2D eigenvalue weighted by molar-refractivity contribution is -0.384. The van der Waals surface area contributed by atoms with Crippen LogP contribution in [0.1, 0.15) is 11.3 Å². The summed E-state index contributed by atoms with van der Waals surface area (Å²) in [5, 5.41) is 12.7. The number of rotatable bonds is 6. The van der Waals surface area contributed by atoms with E-state index in [1.165, 1.54) is 25.3 Å². The Morgan fingerprint density at radius 3 is 2.76 bits per heavy atom. The molecule has 1 aromatic heterocycles. The highest BCUT2D eigenvalue weighted by Gasteiger charge is 2.15. The van der Waals surface area contributed by atoms with Gasteiger partial charge >= 0.3 is 5.97 Å². The maximum atomic E-state index is 11.8. The van der Waals surface area contributed by atoms with E-state index < -0.39 is 10.9 Å². The van der Waals surface area contributed by atoms with Crippen molar-refractivity contribution in [2.45, 2.75) is 12.8 Å². The highest BCUT2D eigenvalue weighted by Crippen LogP contribution is 2.31. The van der Waals surface area contributed by atoms with Crippen molar-refractivity contribution in [1.82, 2.24) is 0 Å². The van der Waals surface area contributed by atoms with Crippen LogP contribution in [0.4, 0.5) is 5.69 Å². The minimum absolute atomic E-state index is 0.0582. The first-order chi connectivity index (χ1) is 10.1. The molecule has 6 nitrogen and oxygen atoms in total. The number of carbonyl (C=O) groups excluding carboxylic acids is 1. The van der Waals surface area contributed by atoms with Crippen molar-refractivity contribution in [2.75, 3.05) is 7.11 Å². The van der Waals surface area contributed by atoms with Gasteiger partial charge in [-0.15, -0.1) is 11.3 Å². The molecule has 0 spiro atoms. The normalized spacial score (nSPS) is 10.1. The van der Waals surface area contributed by atoms with Gasteiger partial charge in [-0.25, -0.2) is 0 Å². The number of non-ortho nitro benzene ring substituents is 1. The Morgan fingerprint density at radius 1 is 1.33 bits per heavy atom. The second kappa shape index (κ2) is 6.85. The molecule has 0 bridgehead atoms. The summed E-state index contributed by atoms with van der Waals surface area (Å²) in [6.07, 6.45) is 0.778. The van der Waals surface area contributed by atoms with Gasteiger partial charge in [-0.1, -0.05) is 6.07 Å². The van der Waals surface area contributed by atoms with Gasteiger partial charge in [-0.2, -0.15) is 0 Å². The Balaban J connectivity index is 2.04. The Morgan fingerprint density at radius 2 is 2.14 bits per heavy atom. The molecule has 0 unspecified atom stereocenters. The second-order valence-electron chi connectivity index (χ2n) is 4.15. The number of esters is 1. The van der Waals surface area contributed by atoms with Gasteiger partial charge in [0, 0.05) is 10.9 Å². The van der Waals surface area contributed by atoms with Crippen LogP contribution in [0.2, 0.25) is 0 Å². The van der Waals surface area contributed by atoms with Crippen LogP contribution in [0, 0.1) is 10.1 Å². The standard InChI is InChI=1S/C14H13NO5S/c1-19-12-6-4-10(15(17)18)9-13(12)20-14(16)7-5-11-3-2-8-21-11/h2-4,6,8-9H,5,7H2,1H3. The summed E-state index contributed by atoms with van der Waals surface area (Å²) in [6, 6.07) is 7.73. The topological polar surface area (TPSA) is 78.7 Å². The first-order valence-electron chi connectivity index (χ1n) is 6.15. The summed E-state index contributed by atoms with van der Waals surface area (Å²) in [6.45, 7) is 0. The van der Waals surface area contributed by atoms with Gasteiger partial charge < -0.3 is 9.47 Å². The van der Waals surface area contributed by atoms with Crippen LogP contribution in [-0.2, 0) is 11.2 Å². The largest absolute Gasteiger partial charge is 0.493 e. The van der Waals surface area contributed by atoms with Crippen molar-refractivity contribution in [1.29, 1.82) is 0 Å². The Hall–Kier alpha value is -2.41. The third kappa shape index (κ3) is 4.03. The molecular weight excluding hydrogens is 294 g/mol. The van der Waals surface area contributed by atoms with Crippen LogP contribution in [0.25, 0.3) is 0 Å². The van der Waals surface area contributed by atoms with E-state index in [2.05, 4.69) is 0 Å². The van der Waals surface area contributed by atoms with Crippen LogP contribution >= 0.6 is 11.3 Å². The lowest BCUT2D eigenvalue weighted by Crippen LogP contribution is -2.09. The van der Waals surface area contributed by atoms with Crippen LogP contribution in [0.3, 0.4) is 0 Å². The number of aryl methyl sites for hydroxylation is 1. The average molecular weight is 307 g/mol. The molecule has 0 aliphatic heterocycles. The highest BCUT2D eigenvalue weighted by molar-refractivity contribution is 7.09. The fraction of sp³-hybridized carbons (Fsp3) is 0.214. The zero-order chi connectivity index (χ0) is 15.2. The zero-order valence-electron chi connectivity index (χ0n) is 11.3. The molecule has 2 aromatic rings. The van der Waals surface area contributed by atoms with Gasteiger partial charge in [0.1, 0.15) is 0 Å². The SMILES string of the molecule is COc1ccc([N+](=O)[O-])cc1OC(=O)CCc1cccs1. The molecule has 1 aromatic carbocycles. The maximum Gasteiger partial charge on any atom is 0.311 e. The van der Waals surface area contributed by atoms with Gasteiger partial charge in [0.05, 0.1) is 24.5 Å². The zero-order valence-corrected chi connectivity index (χ0v) is 12.1. The van der Waals surface area contributed by atoms with E-state index in [-0.39, 0.29) is 23.6 Å². The van der Waals surface area contributed by atoms with Gasteiger partial charge in [0.2, 0.25) is 0 Å². The number of thiophene rings is 1. The predicted octanol–water partition coefficient (Wildman–Crippen LogP) is 3.20. The summed E-state index contributed by atoms with van der Waals surface area (Å²) in [5.41, 5.74) is -0.156. The average Bonchev–Trinajstić information content (AvgIpc) is 2.98. The van der Waals surface area contributed by atoms with Crippen molar-refractivity contribution in [2.24, 2.45) is 0 Å². The molecular formula is C14H13NO5S. The minimum Gasteiger partial charge on any atom is -0.493 e. The number of benzene rings is 1. The van der Waals surface area contributed by atoms with Crippen molar-refractivity contribution >= 4 is 23.0 Å². The fourth-order valence-corrected chi connectivity index (χ4v) is 2.42. The lowest BCUT2D eigenvalue weighted by Gasteiger charge is -2.08. The van der Waals surface area contributed by atoms with E-state index in [0.717, 1.165) is 4.88 Å². The van der Waals surface area contributed by atoms with E-state index >= 15 is 0 Å². The van der Waals surface area contributed by atoms with Crippen molar-refractivity contribution < 1.29 is 19.2 Å². The molecule has 21 heavy (non-hydrogen) atoms. The van der Waals surface area contributed by atoms with Crippen molar-refractivity contribution in [3.05, 3.63) is 50.7 Å². The molecule has 2 rings (SSSR count). The quantitative estimate of drug-likeness (QED) is 0.354. The molecule has 0 aliphatic rings. The molecule has 0 atom stereocenters. The fourth-order valence-electron chi connectivity index (χ4n) is 1.71. The summed E-state index contributed by atoms with van der Waals surface area (Å²) >= 11 is 1.56. The van der Waals surface area contributed by atoms with E-state index in [0.29, 0.717) is 6.42 Å². The van der Waals surface area contributed by atoms with Gasteiger partial charge in [0.25, 0.3) is 5.69 Å². The number of hydrogen-bond donors (Lipinski definition) is 0. The smallest absolute Gasteiger partial charge is 0.311 e. The van der Waals surface area contributed by atoms with Gasteiger partial charge in [0.15, 0.2) is 11.5 Å². The lowest BCUT2D eigenvalue weighted by atomic mass is 10.2. The van der Waals surface area contributed by atoms with Crippen LogP contribution in [-0.4, -0.2) is 18.0 Å². The second-order valence-corrected chi connectivity index (χ2v) is 5.18. The highest BCUT2D eigenvalue weighted by atomic mass is 32.1. The van der Waals surface area contributed by atoms with Crippen LogP contribution in [0.15, 0.2) is 35.7 Å². The molecule has 0 fully saturated rings. The molecule has 0 amide bonds. The maximum absolute atomic E-state index is 11.8. The molecule has 7 heteroatoms. The number of hydrogen-bond acceptors (Lipinski definition) is 6. The number of nitro groups is 1. The number of ether oxygens (including phenoxy) is 2. The van der Waals surface area contributed by atoms with Crippen molar-refractivity contribution in [3.8, 4) is 11.5 Å². The molecule has 1 heterocycles. The Kier molecular flexibility index (Phi) is 4.89. The van der Waals surface area contributed by atoms with E-state index in [4.69, 9.17) is 9.47 Å². The molecule has 0 saturated heterocycles. The molecule has 0 aliphatic carbocycles. The number of nitro benzene ring substituents is 1. The molecule has 0 radical (unpaired) electrons. The molecule has 110 valence electrons. The first kappa shape index (κ1) is 15.0. The Bertz CT molecular complexity index is 639. The summed E-state index contributed by atoms with van der Waals surface area (Å²) in [7, 11) is 1.41. The van der Waals surface area contributed by atoms with Gasteiger partial charge in [-0.3, -0.25) is 14.9 Å². The first-order valence-corrected chi connectivity index (χ1v) is 7.03. The van der Waals surface area contributed by atoms with Crippen molar-refractivity contribution in [3.63, 3.8) is 0 Å². The van der Waals surface area contributed by atoms with E-state index in [9.17, 15) is 14.9 Å². The third-order valence-corrected chi connectivity index (χ3v) is 3.67. The number of carbonyl (C=O) groups is 1. The molecule has 0 N–H and O–H groups in total. The summed E-state index contributed by atoms with van der Waals surface area (Å²) < 4.78 is 10.2. The molecule has 0 saturated carbocycles. The summed E-state index contributed by atoms with van der Waals surface area (Å²) in [5.74, 6) is -0.116. The third-order valence-electron chi connectivity index (χ3n) is 2.74. The number of nitrogens with zero attached hydrogens (tertiary/aromatic N) is 1. The summed E-state index contributed by atoms with van der Waals surface area (Å²) in [4.78, 5) is 23.1. The number of methoxy groups -OCH3 is 1. The monoisotopic (exact) mass is 307 g/mol.